The maximum Gasteiger partial charge on any atom is 0.326 e. The summed E-state index contributed by atoms with van der Waals surface area (Å²) in [6.07, 6.45) is 6.59. The molecule has 0 aromatic rings. The molecule has 4 heteroatoms. The quantitative estimate of drug-likeness (QED) is 0.785. The van der Waals surface area contributed by atoms with Gasteiger partial charge in [-0.2, -0.15) is 0 Å². The topological polar surface area (TPSA) is 55.6 Å². The van der Waals surface area contributed by atoms with E-state index in [-0.39, 0.29) is 5.97 Å². The highest BCUT2D eigenvalue weighted by Gasteiger charge is 2.46. The SMILES string of the molecule is CCOC(=O)C1(N)CCCC1CCN1CCCC(C)C1. The molecular weight excluding hydrogens is 252 g/mol. The van der Waals surface area contributed by atoms with Crippen LogP contribution in [0.15, 0.2) is 0 Å². The van der Waals surface area contributed by atoms with E-state index in [1.807, 2.05) is 6.92 Å². The summed E-state index contributed by atoms with van der Waals surface area (Å²) in [5.74, 6) is 0.910. The van der Waals surface area contributed by atoms with Gasteiger partial charge in [0.25, 0.3) is 0 Å². The van der Waals surface area contributed by atoms with E-state index in [0.717, 1.165) is 38.1 Å². The lowest BCUT2D eigenvalue weighted by molar-refractivity contribution is -0.151. The zero-order valence-electron chi connectivity index (χ0n) is 13.1. The Morgan fingerprint density at radius 2 is 2.20 bits per heavy atom. The third kappa shape index (κ3) is 3.53. The van der Waals surface area contributed by atoms with Crippen LogP contribution in [0.1, 0.15) is 52.4 Å². The average molecular weight is 282 g/mol. The minimum atomic E-state index is -0.725. The first-order valence-electron chi connectivity index (χ1n) is 8.24. The fourth-order valence-corrected chi connectivity index (χ4v) is 3.87. The van der Waals surface area contributed by atoms with Crippen LogP contribution < -0.4 is 5.73 Å². The van der Waals surface area contributed by atoms with Crippen molar-refractivity contribution in [3.8, 4) is 0 Å². The van der Waals surface area contributed by atoms with E-state index in [1.54, 1.807) is 0 Å². The number of rotatable bonds is 5. The van der Waals surface area contributed by atoms with Crippen molar-refractivity contribution >= 4 is 5.97 Å². The second kappa shape index (κ2) is 6.90. The summed E-state index contributed by atoms with van der Waals surface area (Å²) >= 11 is 0. The first kappa shape index (κ1) is 15.8. The molecule has 4 nitrogen and oxygen atoms in total. The third-order valence-corrected chi connectivity index (χ3v) is 5.06. The molecule has 2 rings (SSSR count). The number of hydrogen-bond acceptors (Lipinski definition) is 4. The Morgan fingerprint density at radius 1 is 1.40 bits per heavy atom. The van der Waals surface area contributed by atoms with Crippen LogP contribution in [0.4, 0.5) is 0 Å². The molecule has 3 unspecified atom stereocenters. The van der Waals surface area contributed by atoms with Crippen LogP contribution >= 0.6 is 0 Å². The molecule has 2 fully saturated rings. The maximum atomic E-state index is 12.1. The number of ether oxygens (including phenoxy) is 1. The summed E-state index contributed by atoms with van der Waals surface area (Å²) in [7, 11) is 0. The van der Waals surface area contributed by atoms with Gasteiger partial charge in [0, 0.05) is 6.54 Å². The third-order valence-electron chi connectivity index (χ3n) is 5.06. The average Bonchev–Trinajstić information content (AvgIpc) is 2.79. The number of nitrogens with two attached hydrogens (primary N) is 1. The molecule has 2 N–H and O–H groups in total. The van der Waals surface area contributed by atoms with E-state index in [2.05, 4.69) is 11.8 Å². The molecule has 3 atom stereocenters. The van der Waals surface area contributed by atoms with Gasteiger partial charge in [0.15, 0.2) is 0 Å². The summed E-state index contributed by atoms with van der Waals surface area (Å²) in [6, 6.07) is 0. The monoisotopic (exact) mass is 282 g/mol. The number of piperidine rings is 1. The molecule has 1 heterocycles. The van der Waals surface area contributed by atoms with Gasteiger partial charge in [-0.1, -0.05) is 13.3 Å². The number of hydrogen-bond donors (Lipinski definition) is 1. The second-order valence-corrected chi connectivity index (χ2v) is 6.69. The molecule has 1 aliphatic heterocycles. The van der Waals surface area contributed by atoms with Gasteiger partial charge in [-0.15, -0.1) is 0 Å². The molecule has 0 spiro atoms. The Bertz CT molecular complexity index is 334. The lowest BCUT2D eigenvalue weighted by atomic mass is 9.85. The summed E-state index contributed by atoms with van der Waals surface area (Å²) in [4.78, 5) is 14.7. The molecule has 0 amide bonds. The minimum absolute atomic E-state index is 0.186. The fraction of sp³-hybridized carbons (Fsp3) is 0.938. The van der Waals surface area contributed by atoms with Crippen LogP contribution in [-0.2, 0) is 9.53 Å². The lowest BCUT2D eigenvalue weighted by Crippen LogP contribution is -2.52. The van der Waals surface area contributed by atoms with Crippen molar-refractivity contribution < 1.29 is 9.53 Å². The Balaban J connectivity index is 1.86. The molecule has 0 bridgehead atoms. The van der Waals surface area contributed by atoms with E-state index in [4.69, 9.17) is 10.5 Å². The molecule has 2 aliphatic rings. The summed E-state index contributed by atoms with van der Waals surface area (Å²) in [5, 5.41) is 0. The predicted molar refractivity (Wildman–Crippen MR) is 80.3 cm³/mol. The van der Waals surface area contributed by atoms with Gasteiger partial charge in [-0.3, -0.25) is 4.79 Å². The Labute approximate surface area is 123 Å². The van der Waals surface area contributed by atoms with Crippen molar-refractivity contribution in [3.63, 3.8) is 0 Å². The number of nitrogens with zero attached hydrogens (tertiary/aromatic N) is 1. The standard InChI is InChI=1S/C16H30N2O2/c1-3-20-15(19)16(17)9-4-7-14(16)8-11-18-10-5-6-13(2)12-18/h13-14H,3-12,17H2,1-2H3. The first-order chi connectivity index (χ1) is 9.56. The molecule has 1 saturated carbocycles. The molecule has 0 aromatic carbocycles. The van der Waals surface area contributed by atoms with Gasteiger partial charge < -0.3 is 15.4 Å². The molecule has 1 saturated heterocycles. The van der Waals surface area contributed by atoms with Crippen LogP contribution in [0.3, 0.4) is 0 Å². The number of likely N-dealkylation sites (tertiary alicyclic amines) is 1. The van der Waals surface area contributed by atoms with E-state index in [9.17, 15) is 4.79 Å². The van der Waals surface area contributed by atoms with Crippen molar-refractivity contribution in [1.29, 1.82) is 0 Å². The van der Waals surface area contributed by atoms with E-state index < -0.39 is 5.54 Å². The number of carbonyl (C=O) groups excluding carboxylic acids is 1. The Hall–Kier alpha value is -0.610. The minimum Gasteiger partial charge on any atom is -0.465 e. The summed E-state index contributed by atoms with van der Waals surface area (Å²) in [6.45, 7) is 8.08. The smallest absolute Gasteiger partial charge is 0.326 e. The van der Waals surface area contributed by atoms with Gasteiger partial charge in [0.1, 0.15) is 5.54 Å². The highest BCUT2D eigenvalue weighted by Crippen LogP contribution is 2.37. The van der Waals surface area contributed by atoms with Gasteiger partial charge in [0.05, 0.1) is 6.61 Å². The van der Waals surface area contributed by atoms with E-state index in [1.165, 1.54) is 25.9 Å². The zero-order valence-corrected chi connectivity index (χ0v) is 13.1. The van der Waals surface area contributed by atoms with Crippen LogP contribution in [0.2, 0.25) is 0 Å². The highest BCUT2D eigenvalue weighted by atomic mass is 16.5. The van der Waals surface area contributed by atoms with Gasteiger partial charge in [-0.05, 0) is 64.0 Å². The number of carbonyl (C=O) groups is 1. The molecule has 0 radical (unpaired) electrons. The first-order valence-corrected chi connectivity index (χ1v) is 8.24. The molecule has 1 aliphatic carbocycles. The van der Waals surface area contributed by atoms with Crippen molar-refractivity contribution in [3.05, 3.63) is 0 Å². The van der Waals surface area contributed by atoms with Crippen molar-refractivity contribution in [1.82, 2.24) is 4.90 Å². The Kier molecular flexibility index (Phi) is 5.44. The van der Waals surface area contributed by atoms with Crippen molar-refractivity contribution in [2.24, 2.45) is 17.6 Å². The van der Waals surface area contributed by atoms with E-state index >= 15 is 0 Å². The number of esters is 1. The normalized spacial score (nSPS) is 35.1. The van der Waals surface area contributed by atoms with Crippen LogP contribution in [-0.4, -0.2) is 42.6 Å². The summed E-state index contributed by atoms with van der Waals surface area (Å²) < 4.78 is 5.19. The van der Waals surface area contributed by atoms with Gasteiger partial charge in [0.2, 0.25) is 0 Å². The van der Waals surface area contributed by atoms with Crippen LogP contribution in [0.25, 0.3) is 0 Å². The van der Waals surface area contributed by atoms with Crippen LogP contribution in [0, 0.1) is 11.8 Å². The predicted octanol–water partition coefficient (Wildman–Crippen LogP) is 2.17. The van der Waals surface area contributed by atoms with Gasteiger partial charge in [-0.25, -0.2) is 0 Å². The van der Waals surface area contributed by atoms with E-state index in [0.29, 0.717) is 12.5 Å². The van der Waals surface area contributed by atoms with Crippen molar-refractivity contribution in [2.75, 3.05) is 26.2 Å². The largest absolute Gasteiger partial charge is 0.465 e. The lowest BCUT2D eigenvalue weighted by Gasteiger charge is -2.34. The van der Waals surface area contributed by atoms with Crippen molar-refractivity contribution in [2.45, 2.75) is 57.9 Å². The highest BCUT2D eigenvalue weighted by molar-refractivity contribution is 5.81. The molecular formula is C16H30N2O2. The molecule has 20 heavy (non-hydrogen) atoms. The van der Waals surface area contributed by atoms with Gasteiger partial charge >= 0.3 is 5.97 Å². The maximum absolute atomic E-state index is 12.1. The Morgan fingerprint density at radius 3 is 2.90 bits per heavy atom. The molecule has 116 valence electrons. The summed E-state index contributed by atoms with van der Waals surface area (Å²) in [5.41, 5.74) is 5.66. The fourth-order valence-electron chi connectivity index (χ4n) is 3.87. The zero-order chi connectivity index (χ0) is 14.6. The molecule has 0 aromatic heterocycles. The second-order valence-electron chi connectivity index (χ2n) is 6.69. The van der Waals surface area contributed by atoms with Crippen LogP contribution in [0.5, 0.6) is 0 Å².